The number of para-hydroxylation sites is 2. The van der Waals surface area contributed by atoms with Crippen LogP contribution in [0, 0.1) is 0 Å². The number of anilines is 1. The van der Waals surface area contributed by atoms with Crippen LogP contribution >= 0.6 is 11.8 Å². The number of carbonyl (C=O) groups excluding carboxylic acids is 2. The summed E-state index contributed by atoms with van der Waals surface area (Å²) in [6.45, 7) is 0.294. The van der Waals surface area contributed by atoms with Crippen molar-refractivity contribution in [2.45, 2.75) is 11.4 Å². The number of nitrogens with one attached hydrogen (secondary N) is 2. The summed E-state index contributed by atoms with van der Waals surface area (Å²) in [4.78, 5) is 30.8. The maximum Gasteiger partial charge on any atom is 0.252 e. The van der Waals surface area contributed by atoms with Gasteiger partial charge in [-0.2, -0.15) is 0 Å². The molecule has 0 unspecified atom stereocenters. The minimum absolute atomic E-state index is 0.142. The van der Waals surface area contributed by atoms with Crippen molar-refractivity contribution in [3.63, 3.8) is 0 Å². The molecule has 0 fully saturated rings. The first-order valence-corrected chi connectivity index (χ1v) is 11.9. The number of imidazole rings is 1. The molecule has 0 bridgehead atoms. The van der Waals surface area contributed by atoms with Crippen LogP contribution in [0.25, 0.3) is 11.0 Å². The number of thioether (sulfide) groups is 1. The van der Waals surface area contributed by atoms with Crippen molar-refractivity contribution >= 4 is 40.3 Å². The highest BCUT2D eigenvalue weighted by atomic mass is 32.2. The molecule has 0 aliphatic heterocycles. The Morgan fingerprint density at radius 2 is 1.71 bits per heavy atom. The minimum Gasteiger partial charge on any atom is -0.493 e. The van der Waals surface area contributed by atoms with Crippen LogP contribution in [0.1, 0.15) is 16.2 Å². The van der Waals surface area contributed by atoms with E-state index in [1.807, 2.05) is 48.0 Å². The second-order valence-corrected chi connectivity index (χ2v) is 8.68. The number of aromatic nitrogens is 2. The summed E-state index contributed by atoms with van der Waals surface area (Å²) < 4.78 is 12.5. The van der Waals surface area contributed by atoms with Crippen molar-refractivity contribution < 1.29 is 19.1 Å². The van der Waals surface area contributed by atoms with Crippen LogP contribution < -0.4 is 20.1 Å². The number of rotatable bonds is 9. The number of methoxy groups -OCH3 is 2. The molecule has 2 amide bonds. The maximum absolute atomic E-state index is 12.9. The molecule has 0 atom stereocenters. The number of hydrogen-bond donors (Lipinski definition) is 2. The lowest BCUT2D eigenvalue weighted by atomic mass is 10.2. The van der Waals surface area contributed by atoms with Crippen molar-refractivity contribution in [2.75, 3.05) is 25.3 Å². The Bertz CT molecular complexity index is 1370. The molecule has 180 valence electrons. The van der Waals surface area contributed by atoms with Gasteiger partial charge in [0.1, 0.15) is 5.82 Å². The Labute approximate surface area is 207 Å². The van der Waals surface area contributed by atoms with E-state index in [-0.39, 0.29) is 17.6 Å². The van der Waals surface area contributed by atoms with Crippen LogP contribution in [0.4, 0.5) is 5.69 Å². The van der Waals surface area contributed by atoms with Crippen LogP contribution in [0.3, 0.4) is 0 Å². The van der Waals surface area contributed by atoms with Crippen LogP contribution in [-0.2, 0) is 18.4 Å². The van der Waals surface area contributed by atoms with Gasteiger partial charge >= 0.3 is 0 Å². The third-order valence-corrected chi connectivity index (χ3v) is 6.52. The van der Waals surface area contributed by atoms with Crippen molar-refractivity contribution in [1.29, 1.82) is 0 Å². The van der Waals surface area contributed by atoms with Gasteiger partial charge < -0.3 is 24.7 Å². The van der Waals surface area contributed by atoms with E-state index < -0.39 is 0 Å². The first-order valence-electron chi connectivity index (χ1n) is 10.9. The van der Waals surface area contributed by atoms with E-state index in [0.29, 0.717) is 29.3 Å². The van der Waals surface area contributed by atoms with E-state index in [1.54, 1.807) is 37.4 Å². The molecule has 1 aromatic heterocycles. The molecule has 1 heterocycles. The Morgan fingerprint density at radius 1 is 0.971 bits per heavy atom. The van der Waals surface area contributed by atoms with Crippen molar-refractivity contribution in [3.8, 4) is 11.5 Å². The zero-order valence-corrected chi connectivity index (χ0v) is 20.5. The summed E-state index contributed by atoms with van der Waals surface area (Å²) in [6, 6.07) is 20.2. The summed E-state index contributed by atoms with van der Waals surface area (Å²) >= 11 is 1.30. The molecule has 2 N–H and O–H groups in total. The minimum atomic E-state index is -0.222. The Hall–Kier alpha value is -3.98. The first-order chi connectivity index (χ1) is 17.0. The molecule has 0 aliphatic rings. The van der Waals surface area contributed by atoms with Crippen molar-refractivity contribution in [3.05, 3.63) is 78.1 Å². The smallest absolute Gasteiger partial charge is 0.252 e. The van der Waals surface area contributed by atoms with E-state index in [2.05, 4.69) is 15.6 Å². The van der Waals surface area contributed by atoms with Gasteiger partial charge in [-0.3, -0.25) is 9.59 Å². The molecule has 0 saturated carbocycles. The second-order valence-electron chi connectivity index (χ2n) is 7.66. The van der Waals surface area contributed by atoms with E-state index in [4.69, 9.17) is 9.47 Å². The number of nitrogens with zero attached hydrogens (tertiary/aromatic N) is 2. The van der Waals surface area contributed by atoms with E-state index in [9.17, 15) is 9.59 Å². The van der Waals surface area contributed by atoms with Crippen LogP contribution in [-0.4, -0.2) is 41.3 Å². The van der Waals surface area contributed by atoms with Gasteiger partial charge in [-0.15, -0.1) is 11.8 Å². The maximum atomic E-state index is 12.9. The van der Waals surface area contributed by atoms with Gasteiger partial charge in [0.25, 0.3) is 5.91 Å². The molecule has 4 rings (SSSR count). The average Bonchev–Trinajstić information content (AvgIpc) is 3.21. The molecule has 0 spiro atoms. The Morgan fingerprint density at radius 3 is 2.49 bits per heavy atom. The summed E-state index contributed by atoms with van der Waals surface area (Å²) in [7, 11) is 5.02. The molecule has 3 aromatic carbocycles. The number of hydrogen-bond acceptors (Lipinski definition) is 6. The fourth-order valence-corrected chi connectivity index (χ4v) is 4.49. The normalized spacial score (nSPS) is 10.7. The number of ether oxygens (including phenoxy) is 2. The largest absolute Gasteiger partial charge is 0.493 e. The van der Waals surface area contributed by atoms with Gasteiger partial charge in [0, 0.05) is 23.7 Å². The highest BCUT2D eigenvalue weighted by Gasteiger charge is 2.15. The number of aryl methyl sites for hydroxylation is 1. The van der Waals surface area contributed by atoms with Crippen molar-refractivity contribution in [2.24, 2.45) is 7.05 Å². The molecular formula is C26H26N4O4S. The number of amides is 2. The second kappa shape index (κ2) is 11.0. The van der Waals surface area contributed by atoms with Crippen LogP contribution in [0.15, 0.2) is 71.6 Å². The van der Waals surface area contributed by atoms with Crippen molar-refractivity contribution in [1.82, 2.24) is 14.9 Å². The van der Waals surface area contributed by atoms with Gasteiger partial charge in [0.05, 0.1) is 43.1 Å². The summed E-state index contributed by atoms with van der Waals surface area (Å²) in [5.74, 6) is 1.60. The number of benzene rings is 3. The zero-order chi connectivity index (χ0) is 24.8. The fourth-order valence-electron chi connectivity index (χ4n) is 3.64. The lowest BCUT2D eigenvalue weighted by molar-refractivity contribution is -0.113. The Kier molecular flexibility index (Phi) is 7.57. The quantitative estimate of drug-likeness (QED) is 0.341. The lowest BCUT2D eigenvalue weighted by Crippen LogP contribution is -2.25. The van der Waals surface area contributed by atoms with Gasteiger partial charge in [-0.1, -0.05) is 24.3 Å². The van der Waals surface area contributed by atoms with Gasteiger partial charge in [0.2, 0.25) is 5.91 Å². The monoisotopic (exact) mass is 490 g/mol. The molecular weight excluding hydrogens is 464 g/mol. The third-order valence-electron chi connectivity index (χ3n) is 5.44. The highest BCUT2D eigenvalue weighted by Crippen LogP contribution is 2.30. The van der Waals surface area contributed by atoms with Gasteiger partial charge in [-0.05, 0) is 36.4 Å². The third kappa shape index (κ3) is 5.58. The van der Waals surface area contributed by atoms with Gasteiger partial charge in [-0.25, -0.2) is 4.98 Å². The predicted octanol–water partition coefficient (Wildman–Crippen LogP) is 4.25. The molecule has 0 radical (unpaired) electrons. The molecule has 35 heavy (non-hydrogen) atoms. The molecule has 0 saturated heterocycles. The fraction of sp³-hybridized carbons (Fsp3) is 0.192. The molecule has 0 aliphatic carbocycles. The molecule has 8 nitrogen and oxygen atoms in total. The predicted molar refractivity (Wildman–Crippen MR) is 137 cm³/mol. The summed E-state index contributed by atoms with van der Waals surface area (Å²) in [5, 5.41) is 5.79. The number of carbonyl (C=O) groups is 2. The van der Waals surface area contributed by atoms with Gasteiger partial charge in [0.15, 0.2) is 11.5 Å². The summed E-state index contributed by atoms with van der Waals surface area (Å²) in [6.07, 6.45) is 0. The molecule has 4 aromatic rings. The standard InChI is InChI=1S/C26H26N4O4S/c1-30-20-10-6-5-9-19(20)29-24(30)15-27-26(32)18-8-4-7-11-23(18)35-16-25(31)28-17-12-13-21(33-2)22(14-17)34-3/h4-14H,15-16H2,1-3H3,(H,27,32)(H,28,31). The SMILES string of the molecule is COc1ccc(NC(=O)CSc2ccccc2C(=O)NCc2nc3ccccc3n2C)cc1OC. The summed E-state index contributed by atoms with van der Waals surface area (Å²) in [5.41, 5.74) is 3.00. The van der Waals surface area contributed by atoms with E-state index in [0.717, 1.165) is 21.8 Å². The lowest BCUT2D eigenvalue weighted by Gasteiger charge is -2.12. The average molecular weight is 491 g/mol. The van der Waals surface area contributed by atoms with Crippen LogP contribution in [0.2, 0.25) is 0 Å². The van der Waals surface area contributed by atoms with E-state index in [1.165, 1.54) is 18.9 Å². The first kappa shape index (κ1) is 24.2. The topological polar surface area (TPSA) is 94.5 Å². The Balaban J connectivity index is 1.38. The zero-order valence-electron chi connectivity index (χ0n) is 19.7. The van der Waals surface area contributed by atoms with Crippen LogP contribution in [0.5, 0.6) is 11.5 Å². The highest BCUT2D eigenvalue weighted by molar-refractivity contribution is 8.00. The molecule has 9 heteroatoms. The van der Waals surface area contributed by atoms with E-state index >= 15 is 0 Å². The number of fused-ring (bicyclic) bond motifs is 1.